The van der Waals surface area contributed by atoms with Crippen LogP contribution in [0.1, 0.15) is 37.8 Å². The molecule has 0 bridgehead atoms. The number of amides is 1. The van der Waals surface area contributed by atoms with Gasteiger partial charge in [-0.1, -0.05) is 24.4 Å². The fourth-order valence-electron chi connectivity index (χ4n) is 2.43. The van der Waals surface area contributed by atoms with Gasteiger partial charge in [-0.15, -0.1) is 0 Å². The number of likely N-dealkylation sites (N-methyl/N-ethyl adjacent to an activating group) is 1. The van der Waals surface area contributed by atoms with E-state index in [4.69, 9.17) is 4.52 Å². The SMILES string of the molecule is CN(Cc1ccon1)C(=O)CN1CCCCCCC1. The first kappa shape index (κ1) is 14.1. The van der Waals surface area contributed by atoms with Crippen LogP contribution >= 0.6 is 0 Å². The molecule has 1 fully saturated rings. The van der Waals surface area contributed by atoms with Crippen molar-refractivity contribution >= 4 is 5.91 Å². The zero-order valence-corrected chi connectivity index (χ0v) is 11.7. The van der Waals surface area contributed by atoms with E-state index in [-0.39, 0.29) is 5.91 Å². The fraction of sp³-hybridized carbons (Fsp3) is 0.714. The van der Waals surface area contributed by atoms with Crippen LogP contribution in [-0.2, 0) is 11.3 Å². The van der Waals surface area contributed by atoms with Crippen LogP contribution in [0.15, 0.2) is 16.9 Å². The molecule has 0 aliphatic carbocycles. The Balaban J connectivity index is 1.78. The lowest BCUT2D eigenvalue weighted by Crippen LogP contribution is -2.39. The van der Waals surface area contributed by atoms with E-state index in [1.54, 1.807) is 11.0 Å². The monoisotopic (exact) mass is 265 g/mol. The predicted molar refractivity (Wildman–Crippen MR) is 72.5 cm³/mol. The van der Waals surface area contributed by atoms with E-state index in [0.29, 0.717) is 13.1 Å². The zero-order valence-electron chi connectivity index (χ0n) is 11.7. The Morgan fingerprint density at radius 1 is 1.32 bits per heavy atom. The van der Waals surface area contributed by atoms with Crippen molar-refractivity contribution in [1.82, 2.24) is 15.0 Å². The highest BCUT2D eigenvalue weighted by Crippen LogP contribution is 2.10. The van der Waals surface area contributed by atoms with Crippen molar-refractivity contribution < 1.29 is 9.32 Å². The average molecular weight is 265 g/mol. The van der Waals surface area contributed by atoms with Crippen LogP contribution in [0.4, 0.5) is 0 Å². The van der Waals surface area contributed by atoms with E-state index >= 15 is 0 Å². The van der Waals surface area contributed by atoms with E-state index < -0.39 is 0 Å². The number of nitrogens with zero attached hydrogens (tertiary/aromatic N) is 3. The second kappa shape index (κ2) is 7.28. The van der Waals surface area contributed by atoms with Gasteiger partial charge in [-0.05, 0) is 25.9 Å². The number of hydrogen-bond acceptors (Lipinski definition) is 4. The smallest absolute Gasteiger partial charge is 0.236 e. The number of rotatable bonds is 4. The number of aromatic nitrogens is 1. The van der Waals surface area contributed by atoms with Crippen LogP contribution in [0, 0.1) is 0 Å². The maximum atomic E-state index is 12.2. The number of likely N-dealkylation sites (tertiary alicyclic amines) is 1. The third-order valence-corrected chi connectivity index (χ3v) is 3.62. The summed E-state index contributed by atoms with van der Waals surface area (Å²) in [6.45, 7) is 3.13. The Morgan fingerprint density at radius 3 is 2.63 bits per heavy atom. The van der Waals surface area contributed by atoms with Crippen molar-refractivity contribution in [3.05, 3.63) is 18.0 Å². The third-order valence-electron chi connectivity index (χ3n) is 3.62. The maximum Gasteiger partial charge on any atom is 0.236 e. The van der Waals surface area contributed by atoms with E-state index in [0.717, 1.165) is 18.8 Å². The van der Waals surface area contributed by atoms with Gasteiger partial charge in [0.1, 0.15) is 12.0 Å². The van der Waals surface area contributed by atoms with Gasteiger partial charge in [-0.3, -0.25) is 9.69 Å². The molecule has 1 aliphatic rings. The third kappa shape index (κ3) is 4.67. The van der Waals surface area contributed by atoms with Gasteiger partial charge in [0.15, 0.2) is 0 Å². The molecule has 1 amide bonds. The van der Waals surface area contributed by atoms with Gasteiger partial charge in [0, 0.05) is 13.1 Å². The van der Waals surface area contributed by atoms with Crippen molar-refractivity contribution in [3.63, 3.8) is 0 Å². The summed E-state index contributed by atoms with van der Waals surface area (Å²) in [7, 11) is 1.82. The Hall–Kier alpha value is -1.36. The molecule has 5 heteroatoms. The molecule has 0 unspecified atom stereocenters. The highest BCUT2D eigenvalue weighted by atomic mass is 16.5. The maximum absolute atomic E-state index is 12.2. The Labute approximate surface area is 114 Å². The first-order valence-electron chi connectivity index (χ1n) is 7.11. The van der Waals surface area contributed by atoms with Crippen molar-refractivity contribution in [2.75, 3.05) is 26.7 Å². The lowest BCUT2D eigenvalue weighted by molar-refractivity contribution is -0.131. The van der Waals surface area contributed by atoms with Crippen LogP contribution in [0.25, 0.3) is 0 Å². The summed E-state index contributed by atoms with van der Waals surface area (Å²) in [5, 5.41) is 3.83. The number of hydrogen-bond donors (Lipinski definition) is 0. The van der Waals surface area contributed by atoms with Gasteiger partial charge < -0.3 is 9.42 Å². The fourth-order valence-corrected chi connectivity index (χ4v) is 2.43. The predicted octanol–water partition coefficient (Wildman–Crippen LogP) is 1.90. The quantitative estimate of drug-likeness (QED) is 0.834. The molecular formula is C14H23N3O2. The molecule has 19 heavy (non-hydrogen) atoms. The highest BCUT2D eigenvalue weighted by Gasteiger charge is 2.16. The summed E-state index contributed by atoms with van der Waals surface area (Å²) in [4.78, 5) is 16.2. The largest absolute Gasteiger partial charge is 0.364 e. The summed E-state index contributed by atoms with van der Waals surface area (Å²) in [5.41, 5.74) is 0.795. The van der Waals surface area contributed by atoms with Gasteiger partial charge in [0.2, 0.25) is 5.91 Å². The standard InChI is InChI=1S/C14H23N3O2/c1-16(11-13-7-10-19-15-13)14(18)12-17-8-5-3-2-4-6-9-17/h7,10H,2-6,8-9,11-12H2,1H3. The number of carbonyl (C=O) groups excluding carboxylic acids is 1. The van der Waals surface area contributed by atoms with Crippen molar-refractivity contribution in [3.8, 4) is 0 Å². The van der Waals surface area contributed by atoms with Crippen LogP contribution < -0.4 is 0 Å². The summed E-state index contributed by atoms with van der Waals surface area (Å²) in [5.74, 6) is 0.156. The lowest BCUT2D eigenvalue weighted by atomic mass is 10.1. The molecule has 2 rings (SSSR count). The molecule has 0 atom stereocenters. The van der Waals surface area contributed by atoms with Gasteiger partial charge in [-0.2, -0.15) is 0 Å². The molecule has 0 N–H and O–H groups in total. The van der Waals surface area contributed by atoms with Crippen molar-refractivity contribution in [1.29, 1.82) is 0 Å². The van der Waals surface area contributed by atoms with Gasteiger partial charge >= 0.3 is 0 Å². The minimum atomic E-state index is 0.156. The second-order valence-corrected chi connectivity index (χ2v) is 5.28. The minimum absolute atomic E-state index is 0.156. The topological polar surface area (TPSA) is 49.6 Å². The molecular weight excluding hydrogens is 242 g/mol. The summed E-state index contributed by atoms with van der Waals surface area (Å²) < 4.78 is 4.78. The molecule has 1 aromatic rings. The van der Waals surface area contributed by atoms with Crippen molar-refractivity contribution in [2.45, 2.75) is 38.6 Å². The molecule has 0 radical (unpaired) electrons. The summed E-state index contributed by atoms with van der Waals surface area (Å²) in [6.07, 6.45) is 7.87. The molecule has 0 saturated carbocycles. The van der Waals surface area contributed by atoms with Crippen LogP contribution in [0.3, 0.4) is 0 Å². The van der Waals surface area contributed by atoms with Gasteiger partial charge in [0.25, 0.3) is 0 Å². The first-order valence-corrected chi connectivity index (χ1v) is 7.11. The number of carbonyl (C=O) groups is 1. The van der Waals surface area contributed by atoms with Gasteiger partial charge in [-0.25, -0.2) is 0 Å². The summed E-state index contributed by atoms with van der Waals surface area (Å²) >= 11 is 0. The molecule has 1 aliphatic heterocycles. The minimum Gasteiger partial charge on any atom is -0.364 e. The molecule has 1 aromatic heterocycles. The normalized spacial score (nSPS) is 17.7. The van der Waals surface area contributed by atoms with E-state index in [1.165, 1.54) is 38.4 Å². The molecule has 106 valence electrons. The summed E-state index contributed by atoms with van der Waals surface area (Å²) in [6, 6.07) is 1.79. The van der Waals surface area contributed by atoms with Crippen LogP contribution in [0.2, 0.25) is 0 Å². The average Bonchev–Trinajstić information content (AvgIpc) is 2.85. The van der Waals surface area contributed by atoms with E-state index in [1.807, 2.05) is 7.05 Å². The molecule has 5 nitrogen and oxygen atoms in total. The van der Waals surface area contributed by atoms with Crippen LogP contribution in [-0.4, -0.2) is 47.5 Å². The second-order valence-electron chi connectivity index (χ2n) is 5.28. The molecule has 2 heterocycles. The van der Waals surface area contributed by atoms with Crippen molar-refractivity contribution in [2.24, 2.45) is 0 Å². The van der Waals surface area contributed by atoms with E-state index in [9.17, 15) is 4.79 Å². The Bertz CT molecular complexity index is 370. The Kier molecular flexibility index (Phi) is 5.39. The van der Waals surface area contributed by atoms with Crippen LogP contribution in [0.5, 0.6) is 0 Å². The molecule has 1 saturated heterocycles. The molecule has 0 spiro atoms. The highest BCUT2D eigenvalue weighted by molar-refractivity contribution is 5.77. The van der Waals surface area contributed by atoms with Gasteiger partial charge in [0.05, 0.1) is 13.1 Å². The zero-order chi connectivity index (χ0) is 13.5. The van der Waals surface area contributed by atoms with E-state index in [2.05, 4.69) is 10.1 Å². The first-order chi connectivity index (χ1) is 9.25. The Morgan fingerprint density at radius 2 is 2.00 bits per heavy atom. The lowest BCUT2D eigenvalue weighted by Gasteiger charge is -2.26. The molecule has 0 aromatic carbocycles.